The Morgan fingerprint density at radius 2 is 1.92 bits per heavy atom. The number of amides is 2. The Hall–Kier alpha value is -1.59. The Kier molecular flexibility index (Phi) is 6.85. The third-order valence-corrected chi connectivity index (χ3v) is 4.89. The number of nitrogens with one attached hydrogen (secondary N) is 2. The maximum absolute atomic E-state index is 12.7. The molecule has 1 saturated heterocycles. The van der Waals surface area contributed by atoms with Crippen molar-refractivity contribution in [1.29, 1.82) is 0 Å². The predicted octanol–water partition coefficient (Wildman–Crippen LogP) is 1.74. The molecule has 0 saturated carbocycles. The van der Waals surface area contributed by atoms with Gasteiger partial charge in [-0.2, -0.15) is 0 Å². The molecular formula is C19H28ClN3O2. The molecule has 0 aromatic heterocycles. The molecule has 3 rings (SSSR count). The number of rotatable bonds is 5. The molecule has 0 aliphatic carbocycles. The molecule has 138 valence electrons. The summed E-state index contributed by atoms with van der Waals surface area (Å²) >= 11 is 0. The van der Waals surface area contributed by atoms with E-state index in [1.54, 1.807) is 4.90 Å². The molecule has 25 heavy (non-hydrogen) atoms. The fourth-order valence-corrected chi connectivity index (χ4v) is 3.34. The SMILES string of the molecule is CC(C)CC(=O)N1Cc2ccccc2CC1C(=O)NCC1CNC1.Cl. The maximum Gasteiger partial charge on any atom is 0.243 e. The molecule has 2 aliphatic rings. The van der Waals surface area contributed by atoms with E-state index in [1.165, 1.54) is 5.56 Å². The zero-order chi connectivity index (χ0) is 17.1. The number of hydrogen-bond acceptors (Lipinski definition) is 3. The number of halogens is 1. The van der Waals surface area contributed by atoms with Crippen LogP contribution in [0.2, 0.25) is 0 Å². The fourth-order valence-electron chi connectivity index (χ4n) is 3.34. The standard InChI is InChI=1S/C19H27N3O2.ClH/c1-13(2)7-18(23)22-12-16-6-4-3-5-15(16)8-17(22)19(24)21-11-14-9-20-10-14;/h3-6,13-14,17,20H,7-12H2,1-2H3,(H,21,24);1H. The van der Waals surface area contributed by atoms with E-state index >= 15 is 0 Å². The second-order valence-electron chi connectivity index (χ2n) is 7.38. The average Bonchev–Trinajstić information content (AvgIpc) is 2.51. The van der Waals surface area contributed by atoms with E-state index in [0.29, 0.717) is 37.8 Å². The van der Waals surface area contributed by atoms with E-state index in [1.807, 2.05) is 26.0 Å². The third-order valence-electron chi connectivity index (χ3n) is 4.89. The summed E-state index contributed by atoms with van der Waals surface area (Å²) in [6.07, 6.45) is 1.09. The van der Waals surface area contributed by atoms with E-state index in [0.717, 1.165) is 18.7 Å². The van der Waals surface area contributed by atoms with Crippen LogP contribution in [0, 0.1) is 11.8 Å². The van der Waals surface area contributed by atoms with Gasteiger partial charge < -0.3 is 15.5 Å². The topological polar surface area (TPSA) is 61.4 Å². The normalized spacial score (nSPS) is 19.6. The van der Waals surface area contributed by atoms with Crippen LogP contribution in [0.5, 0.6) is 0 Å². The molecule has 6 heteroatoms. The fraction of sp³-hybridized carbons (Fsp3) is 0.579. The molecular weight excluding hydrogens is 338 g/mol. The summed E-state index contributed by atoms with van der Waals surface area (Å²) in [5.41, 5.74) is 2.33. The van der Waals surface area contributed by atoms with Crippen LogP contribution in [0.4, 0.5) is 0 Å². The van der Waals surface area contributed by atoms with Gasteiger partial charge in [-0.25, -0.2) is 0 Å². The molecule has 2 N–H and O–H groups in total. The van der Waals surface area contributed by atoms with E-state index in [9.17, 15) is 9.59 Å². The minimum atomic E-state index is -0.390. The lowest BCUT2D eigenvalue weighted by Gasteiger charge is -2.37. The minimum absolute atomic E-state index is 0. The summed E-state index contributed by atoms with van der Waals surface area (Å²) in [6, 6.07) is 7.72. The van der Waals surface area contributed by atoms with Gasteiger partial charge >= 0.3 is 0 Å². The molecule has 1 atom stereocenters. The van der Waals surface area contributed by atoms with Crippen LogP contribution in [0.15, 0.2) is 24.3 Å². The summed E-state index contributed by atoms with van der Waals surface area (Å²) in [5.74, 6) is 0.863. The lowest BCUT2D eigenvalue weighted by Crippen LogP contribution is -2.55. The summed E-state index contributed by atoms with van der Waals surface area (Å²) in [4.78, 5) is 27.2. The average molecular weight is 366 g/mol. The first-order chi connectivity index (χ1) is 11.5. The number of benzene rings is 1. The number of nitrogens with zero attached hydrogens (tertiary/aromatic N) is 1. The number of fused-ring (bicyclic) bond motifs is 1. The summed E-state index contributed by atoms with van der Waals surface area (Å²) in [5, 5.41) is 6.26. The van der Waals surface area contributed by atoms with E-state index in [4.69, 9.17) is 0 Å². The predicted molar refractivity (Wildman–Crippen MR) is 101 cm³/mol. The Bertz CT molecular complexity index is 616. The first-order valence-corrected chi connectivity index (χ1v) is 8.89. The van der Waals surface area contributed by atoms with Crippen LogP contribution in [0.3, 0.4) is 0 Å². The van der Waals surface area contributed by atoms with Crippen LogP contribution in [-0.2, 0) is 22.6 Å². The molecule has 1 aromatic carbocycles. The van der Waals surface area contributed by atoms with E-state index < -0.39 is 0 Å². The van der Waals surface area contributed by atoms with Gasteiger partial charge in [0.2, 0.25) is 11.8 Å². The number of hydrogen-bond donors (Lipinski definition) is 2. The molecule has 0 bridgehead atoms. The van der Waals surface area contributed by atoms with Crippen LogP contribution in [-0.4, -0.2) is 42.4 Å². The van der Waals surface area contributed by atoms with E-state index in [2.05, 4.69) is 22.8 Å². The van der Waals surface area contributed by atoms with Crippen molar-refractivity contribution in [1.82, 2.24) is 15.5 Å². The molecule has 1 aromatic rings. The third kappa shape index (κ3) is 4.73. The lowest BCUT2D eigenvalue weighted by atomic mass is 9.92. The maximum atomic E-state index is 12.7. The first-order valence-electron chi connectivity index (χ1n) is 8.89. The van der Waals surface area contributed by atoms with Crippen LogP contribution in [0.1, 0.15) is 31.4 Å². The van der Waals surface area contributed by atoms with Crippen LogP contribution < -0.4 is 10.6 Å². The van der Waals surface area contributed by atoms with Crippen molar-refractivity contribution in [2.24, 2.45) is 11.8 Å². The molecule has 5 nitrogen and oxygen atoms in total. The smallest absolute Gasteiger partial charge is 0.243 e. The summed E-state index contributed by atoms with van der Waals surface area (Å²) in [6.45, 7) is 7.22. The Morgan fingerprint density at radius 3 is 2.52 bits per heavy atom. The van der Waals surface area contributed by atoms with Gasteiger partial charge in [0.15, 0.2) is 0 Å². The van der Waals surface area contributed by atoms with Gasteiger partial charge in [0.05, 0.1) is 0 Å². The monoisotopic (exact) mass is 365 g/mol. The molecule has 2 amide bonds. The van der Waals surface area contributed by atoms with Gasteiger partial charge in [-0.05, 0) is 17.0 Å². The Morgan fingerprint density at radius 1 is 1.24 bits per heavy atom. The van der Waals surface area contributed by atoms with Crippen LogP contribution >= 0.6 is 12.4 Å². The van der Waals surface area contributed by atoms with Crippen molar-refractivity contribution >= 4 is 24.2 Å². The van der Waals surface area contributed by atoms with Crippen molar-refractivity contribution in [3.63, 3.8) is 0 Å². The molecule has 1 fully saturated rings. The highest BCUT2D eigenvalue weighted by molar-refractivity contribution is 5.88. The van der Waals surface area contributed by atoms with Crippen molar-refractivity contribution in [2.45, 2.75) is 39.3 Å². The largest absolute Gasteiger partial charge is 0.354 e. The Labute approximate surface area is 155 Å². The Balaban J connectivity index is 0.00000225. The highest BCUT2D eigenvalue weighted by Gasteiger charge is 2.34. The zero-order valence-electron chi connectivity index (χ0n) is 15.0. The number of carbonyl (C=O) groups excluding carboxylic acids is 2. The van der Waals surface area contributed by atoms with Crippen molar-refractivity contribution in [3.8, 4) is 0 Å². The second kappa shape index (κ2) is 8.68. The van der Waals surface area contributed by atoms with Crippen molar-refractivity contribution < 1.29 is 9.59 Å². The lowest BCUT2D eigenvalue weighted by molar-refractivity contribution is -0.142. The number of carbonyl (C=O) groups is 2. The van der Waals surface area contributed by atoms with Gasteiger partial charge in [0, 0.05) is 44.9 Å². The summed E-state index contributed by atoms with van der Waals surface area (Å²) < 4.78 is 0. The van der Waals surface area contributed by atoms with Crippen molar-refractivity contribution in [3.05, 3.63) is 35.4 Å². The van der Waals surface area contributed by atoms with Crippen molar-refractivity contribution in [2.75, 3.05) is 19.6 Å². The molecule has 0 spiro atoms. The van der Waals surface area contributed by atoms with Crippen LogP contribution in [0.25, 0.3) is 0 Å². The van der Waals surface area contributed by atoms with Gasteiger partial charge in [0.25, 0.3) is 0 Å². The second-order valence-corrected chi connectivity index (χ2v) is 7.38. The highest BCUT2D eigenvalue weighted by atomic mass is 35.5. The molecule has 2 heterocycles. The van der Waals surface area contributed by atoms with Gasteiger partial charge in [-0.15, -0.1) is 12.4 Å². The first kappa shape index (κ1) is 19.7. The molecule has 2 aliphatic heterocycles. The summed E-state index contributed by atoms with van der Waals surface area (Å²) in [7, 11) is 0. The minimum Gasteiger partial charge on any atom is -0.354 e. The molecule has 0 radical (unpaired) electrons. The molecule has 1 unspecified atom stereocenters. The quantitative estimate of drug-likeness (QED) is 0.835. The highest BCUT2D eigenvalue weighted by Crippen LogP contribution is 2.25. The zero-order valence-corrected chi connectivity index (χ0v) is 15.8. The van der Waals surface area contributed by atoms with E-state index in [-0.39, 0.29) is 30.3 Å². The van der Waals surface area contributed by atoms with Gasteiger partial charge in [-0.1, -0.05) is 38.1 Å². The van der Waals surface area contributed by atoms with Gasteiger partial charge in [-0.3, -0.25) is 9.59 Å². The van der Waals surface area contributed by atoms with Gasteiger partial charge in [0.1, 0.15) is 6.04 Å².